The first-order valence-electron chi connectivity index (χ1n) is 5.64. The van der Waals surface area contributed by atoms with Gasteiger partial charge in [0.15, 0.2) is 5.78 Å². The average Bonchev–Trinajstić information content (AvgIpc) is 3.17. The highest BCUT2D eigenvalue weighted by atomic mass is 16.5. The van der Waals surface area contributed by atoms with Gasteiger partial charge in [-0.15, -0.1) is 0 Å². The molecule has 2 N–H and O–H groups in total. The summed E-state index contributed by atoms with van der Waals surface area (Å²) in [5.74, 6) is 1.14. The van der Waals surface area contributed by atoms with E-state index in [2.05, 4.69) is 0 Å². The molecule has 4 nitrogen and oxygen atoms in total. The Balaban J connectivity index is 2.46. The molecule has 1 fully saturated rings. The lowest BCUT2D eigenvalue weighted by Crippen LogP contribution is -2.26. The first kappa shape index (κ1) is 11.9. The maximum atomic E-state index is 12.5. The fourth-order valence-electron chi connectivity index (χ4n) is 2.01. The zero-order valence-electron chi connectivity index (χ0n) is 10.2. The van der Waals surface area contributed by atoms with Gasteiger partial charge in [-0.1, -0.05) is 6.07 Å². The molecule has 0 aliphatic heterocycles. The number of methoxy groups -OCH3 is 2. The monoisotopic (exact) mass is 235 g/mol. The van der Waals surface area contributed by atoms with Crippen molar-refractivity contribution < 1.29 is 14.3 Å². The van der Waals surface area contributed by atoms with E-state index in [1.807, 2.05) is 0 Å². The third-order valence-corrected chi connectivity index (χ3v) is 3.38. The van der Waals surface area contributed by atoms with E-state index in [9.17, 15) is 4.79 Å². The van der Waals surface area contributed by atoms with Crippen molar-refractivity contribution in [2.24, 2.45) is 11.1 Å². The molecule has 0 atom stereocenters. The Kier molecular flexibility index (Phi) is 3.07. The molecular weight excluding hydrogens is 218 g/mol. The van der Waals surface area contributed by atoms with Gasteiger partial charge in [-0.25, -0.2) is 0 Å². The molecule has 2 rings (SSSR count). The Morgan fingerprint density at radius 2 is 1.82 bits per heavy atom. The predicted molar refractivity (Wildman–Crippen MR) is 64.6 cm³/mol. The topological polar surface area (TPSA) is 61.5 Å². The van der Waals surface area contributed by atoms with E-state index >= 15 is 0 Å². The van der Waals surface area contributed by atoms with Crippen LogP contribution >= 0.6 is 0 Å². The molecule has 0 unspecified atom stereocenters. The van der Waals surface area contributed by atoms with Gasteiger partial charge in [-0.05, 0) is 25.0 Å². The van der Waals surface area contributed by atoms with Gasteiger partial charge in [-0.3, -0.25) is 4.79 Å². The molecule has 1 saturated carbocycles. The first-order chi connectivity index (χ1) is 8.18. The molecule has 1 aromatic rings. The summed E-state index contributed by atoms with van der Waals surface area (Å²) in [6.45, 7) is 0.382. The minimum atomic E-state index is -0.387. The summed E-state index contributed by atoms with van der Waals surface area (Å²) in [6, 6.07) is 5.33. The molecule has 0 bridgehead atoms. The smallest absolute Gasteiger partial charge is 0.177 e. The van der Waals surface area contributed by atoms with Gasteiger partial charge < -0.3 is 15.2 Å². The van der Waals surface area contributed by atoms with Gasteiger partial charge in [0.2, 0.25) is 0 Å². The number of ether oxygens (including phenoxy) is 2. The zero-order valence-corrected chi connectivity index (χ0v) is 10.2. The largest absolute Gasteiger partial charge is 0.496 e. The molecule has 0 radical (unpaired) electrons. The van der Waals surface area contributed by atoms with Crippen LogP contribution in [0, 0.1) is 5.41 Å². The zero-order chi connectivity index (χ0) is 12.5. The highest BCUT2D eigenvalue weighted by Crippen LogP contribution is 2.49. The lowest BCUT2D eigenvalue weighted by atomic mass is 9.93. The van der Waals surface area contributed by atoms with Crippen LogP contribution in [0.5, 0.6) is 11.5 Å². The normalized spacial score (nSPS) is 16.4. The van der Waals surface area contributed by atoms with Crippen LogP contribution in [0.3, 0.4) is 0 Å². The molecule has 92 valence electrons. The van der Waals surface area contributed by atoms with Crippen molar-refractivity contribution in [1.29, 1.82) is 0 Å². The van der Waals surface area contributed by atoms with Crippen molar-refractivity contribution in [2.45, 2.75) is 12.8 Å². The molecule has 0 spiro atoms. The lowest BCUT2D eigenvalue weighted by Gasteiger charge is -2.16. The molecule has 0 aromatic heterocycles. The average molecular weight is 235 g/mol. The molecule has 1 aromatic carbocycles. The van der Waals surface area contributed by atoms with Crippen molar-refractivity contribution in [3.63, 3.8) is 0 Å². The summed E-state index contributed by atoms with van der Waals surface area (Å²) in [4.78, 5) is 12.5. The number of rotatable bonds is 5. The third kappa shape index (κ3) is 1.89. The van der Waals surface area contributed by atoms with Crippen molar-refractivity contribution >= 4 is 5.78 Å². The molecule has 17 heavy (non-hydrogen) atoms. The molecular formula is C13H17NO3. The Hall–Kier alpha value is -1.55. The highest BCUT2D eigenvalue weighted by molar-refractivity contribution is 6.06. The van der Waals surface area contributed by atoms with Crippen molar-refractivity contribution in [2.75, 3.05) is 20.8 Å². The molecule has 4 heteroatoms. The number of hydrogen-bond donors (Lipinski definition) is 1. The number of ketones is 1. The number of Topliss-reactive ketones (excluding diaryl/α,β-unsaturated/α-hetero) is 1. The fraction of sp³-hybridized carbons (Fsp3) is 0.462. The van der Waals surface area contributed by atoms with Crippen LogP contribution < -0.4 is 15.2 Å². The standard InChI is InChI=1S/C13H17NO3/c1-16-9-4-3-5-10(17-2)11(9)12(15)13(8-14)6-7-13/h3-5H,6-8,14H2,1-2H3. The first-order valence-corrected chi connectivity index (χ1v) is 5.64. The summed E-state index contributed by atoms with van der Waals surface area (Å²) < 4.78 is 10.5. The van der Waals surface area contributed by atoms with E-state index in [0.717, 1.165) is 12.8 Å². The highest BCUT2D eigenvalue weighted by Gasteiger charge is 2.50. The fourth-order valence-corrected chi connectivity index (χ4v) is 2.01. The van der Waals surface area contributed by atoms with Gasteiger partial charge in [0.1, 0.15) is 17.1 Å². The van der Waals surface area contributed by atoms with Crippen LogP contribution in [0.2, 0.25) is 0 Å². The Labute approximate surface area is 101 Å². The van der Waals surface area contributed by atoms with Gasteiger partial charge in [0.05, 0.1) is 14.2 Å². The van der Waals surface area contributed by atoms with Gasteiger partial charge in [0, 0.05) is 12.0 Å². The minimum absolute atomic E-state index is 0.0364. The van der Waals surface area contributed by atoms with Crippen molar-refractivity contribution in [3.05, 3.63) is 23.8 Å². The second-order valence-electron chi connectivity index (χ2n) is 4.35. The Morgan fingerprint density at radius 1 is 1.29 bits per heavy atom. The van der Waals surface area contributed by atoms with Crippen LogP contribution in [0.25, 0.3) is 0 Å². The summed E-state index contributed by atoms with van der Waals surface area (Å²) in [5.41, 5.74) is 5.81. The lowest BCUT2D eigenvalue weighted by molar-refractivity contribution is 0.0899. The molecule has 0 heterocycles. The second kappa shape index (κ2) is 4.37. The third-order valence-electron chi connectivity index (χ3n) is 3.38. The quantitative estimate of drug-likeness (QED) is 0.788. The summed E-state index contributed by atoms with van der Waals surface area (Å²) >= 11 is 0. The summed E-state index contributed by atoms with van der Waals surface area (Å²) in [6.07, 6.45) is 1.70. The number of hydrogen-bond acceptors (Lipinski definition) is 4. The summed E-state index contributed by atoms with van der Waals surface area (Å²) in [5, 5.41) is 0. The van der Waals surface area contributed by atoms with Crippen molar-refractivity contribution in [1.82, 2.24) is 0 Å². The van der Waals surface area contributed by atoms with Gasteiger partial charge in [0.25, 0.3) is 0 Å². The van der Waals surface area contributed by atoms with E-state index in [1.165, 1.54) is 0 Å². The number of carbonyl (C=O) groups is 1. The van der Waals surface area contributed by atoms with Crippen LogP contribution in [-0.2, 0) is 0 Å². The Bertz CT molecular complexity index is 416. The maximum absolute atomic E-state index is 12.5. The second-order valence-corrected chi connectivity index (χ2v) is 4.35. The van der Waals surface area contributed by atoms with Gasteiger partial charge in [-0.2, -0.15) is 0 Å². The maximum Gasteiger partial charge on any atom is 0.177 e. The van der Waals surface area contributed by atoms with E-state index in [4.69, 9.17) is 15.2 Å². The van der Waals surface area contributed by atoms with E-state index < -0.39 is 0 Å². The van der Waals surface area contributed by atoms with E-state index in [0.29, 0.717) is 23.6 Å². The number of nitrogens with two attached hydrogens (primary N) is 1. The Morgan fingerprint density at radius 3 is 2.18 bits per heavy atom. The van der Waals surface area contributed by atoms with Gasteiger partial charge >= 0.3 is 0 Å². The van der Waals surface area contributed by atoms with E-state index in [-0.39, 0.29) is 11.2 Å². The van der Waals surface area contributed by atoms with Crippen LogP contribution in [0.4, 0.5) is 0 Å². The molecule has 1 aliphatic rings. The molecule has 0 amide bonds. The number of benzene rings is 1. The van der Waals surface area contributed by atoms with Crippen molar-refractivity contribution in [3.8, 4) is 11.5 Å². The number of carbonyl (C=O) groups excluding carboxylic acids is 1. The molecule has 1 aliphatic carbocycles. The van der Waals surface area contributed by atoms with E-state index in [1.54, 1.807) is 32.4 Å². The van der Waals surface area contributed by atoms with Crippen LogP contribution in [0.1, 0.15) is 23.2 Å². The minimum Gasteiger partial charge on any atom is -0.496 e. The summed E-state index contributed by atoms with van der Waals surface area (Å²) in [7, 11) is 3.10. The van der Waals surface area contributed by atoms with Crippen LogP contribution in [0.15, 0.2) is 18.2 Å². The van der Waals surface area contributed by atoms with Crippen LogP contribution in [-0.4, -0.2) is 26.5 Å². The SMILES string of the molecule is COc1cccc(OC)c1C(=O)C1(CN)CC1. The molecule has 0 saturated heterocycles. The predicted octanol–water partition coefficient (Wildman–Crippen LogP) is 1.63.